The highest BCUT2D eigenvalue weighted by molar-refractivity contribution is 7.89. The fourth-order valence-electron chi connectivity index (χ4n) is 3.41. The topological polar surface area (TPSA) is 84.4 Å². The molecule has 0 N–H and O–H groups in total. The molecule has 0 spiro atoms. The van der Waals surface area contributed by atoms with Gasteiger partial charge in [-0.25, -0.2) is 8.42 Å². The minimum Gasteiger partial charge on any atom is -0.299 e. The molecule has 0 radical (unpaired) electrons. The van der Waals surface area contributed by atoms with Crippen LogP contribution in [0, 0.1) is 18.8 Å². The van der Waals surface area contributed by atoms with Crippen LogP contribution >= 0.6 is 0 Å². The molecule has 2 aromatic rings. The van der Waals surface area contributed by atoms with E-state index in [1.54, 1.807) is 49.4 Å². The van der Waals surface area contributed by atoms with Crippen LogP contribution in [-0.4, -0.2) is 42.4 Å². The lowest BCUT2D eigenvalue weighted by Crippen LogP contribution is -2.36. The largest absolute Gasteiger partial charge is 0.299 e. The molecule has 1 aromatic carbocycles. The zero-order valence-corrected chi connectivity index (χ0v) is 16.9. The second kappa shape index (κ2) is 8.32. The Hall–Kier alpha value is -2.38. The van der Waals surface area contributed by atoms with Crippen LogP contribution in [0.15, 0.2) is 53.6 Å². The number of carbonyl (C=O) groups is 2. The van der Waals surface area contributed by atoms with E-state index in [9.17, 15) is 18.0 Å². The first-order chi connectivity index (χ1) is 13.3. The summed E-state index contributed by atoms with van der Waals surface area (Å²) in [4.78, 5) is 29.6. The van der Waals surface area contributed by atoms with Gasteiger partial charge in [-0.2, -0.15) is 4.31 Å². The summed E-state index contributed by atoms with van der Waals surface area (Å²) < 4.78 is 27.5. The Morgan fingerprint density at radius 2 is 1.89 bits per heavy atom. The van der Waals surface area contributed by atoms with Crippen molar-refractivity contribution in [2.45, 2.75) is 31.6 Å². The molecule has 3 rings (SSSR count). The monoisotopic (exact) mass is 400 g/mol. The van der Waals surface area contributed by atoms with Gasteiger partial charge in [-0.15, -0.1) is 0 Å². The highest BCUT2D eigenvalue weighted by Crippen LogP contribution is 2.27. The number of Topliss-reactive ketones (excluding diaryl/α,β-unsaturated/α-hetero) is 2. The number of benzene rings is 1. The molecule has 0 amide bonds. The van der Waals surface area contributed by atoms with Gasteiger partial charge in [-0.1, -0.05) is 30.7 Å². The summed E-state index contributed by atoms with van der Waals surface area (Å²) in [7, 11) is -3.73. The van der Waals surface area contributed by atoms with Crippen molar-refractivity contribution in [3.63, 3.8) is 0 Å². The van der Waals surface area contributed by atoms with Gasteiger partial charge in [-0.3, -0.25) is 14.6 Å². The second-order valence-corrected chi connectivity index (χ2v) is 9.25. The summed E-state index contributed by atoms with van der Waals surface area (Å²) in [6, 6.07) is 11.7. The summed E-state index contributed by atoms with van der Waals surface area (Å²) in [6.45, 7) is 3.96. The average Bonchev–Trinajstić information content (AvgIpc) is 2.83. The quantitative estimate of drug-likeness (QED) is 0.721. The molecule has 0 saturated carbocycles. The molecule has 1 aliphatic heterocycles. The van der Waals surface area contributed by atoms with Crippen molar-refractivity contribution in [1.29, 1.82) is 0 Å². The number of ketones is 2. The second-order valence-electron chi connectivity index (χ2n) is 7.31. The Bertz CT molecular complexity index is 956. The Balaban J connectivity index is 1.85. The molecule has 1 aliphatic rings. The number of nitrogens with zero attached hydrogens (tertiary/aromatic N) is 2. The smallest absolute Gasteiger partial charge is 0.243 e. The first-order valence-corrected chi connectivity index (χ1v) is 10.8. The van der Waals surface area contributed by atoms with E-state index in [1.165, 1.54) is 10.5 Å². The van der Waals surface area contributed by atoms with E-state index in [1.807, 2.05) is 6.92 Å². The van der Waals surface area contributed by atoms with Gasteiger partial charge in [0, 0.05) is 37.5 Å². The average molecular weight is 401 g/mol. The number of carbonyl (C=O) groups excluding carboxylic acids is 2. The van der Waals surface area contributed by atoms with Crippen LogP contribution in [0.5, 0.6) is 0 Å². The van der Waals surface area contributed by atoms with E-state index in [0.29, 0.717) is 12.1 Å². The highest BCUT2D eigenvalue weighted by atomic mass is 32.2. The van der Waals surface area contributed by atoms with Gasteiger partial charge in [0.25, 0.3) is 0 Å². The maximum Gasteiger partial charge on any atom is 0.243 e. The van der Waals surface area contributed by atoms with Gasteiger partial charge in [0.2, 0.25) is 10.0 Å². The zero-order valence-electron chi connectivity index (χ0n) is 16.0. The highest BCUT2D eigenvalue weighted by Gasteiger charge is 2.36. The van der Waals surface area contributed by atoms with E-state index >= 15 is 0 Å². The molecule has 2 atom stereocenters. The number of hydrogen-bond donors (Lipinski definition) is 0. The molecule has 2 unspecified atom stereocenters. The lowest BCUT2D eigenvalue weighted by molar-refractivity contribution is -0.125. The number of aromatic nitrogens is 1. The molecule has 28 heavy (non-hydrogen) atoms. The maximum absolute atomic E-state index is 13.1. The van der Waals surface area contributed by atoms with Crippen molar-refractivity contribution in [2.75, 3.05) is 13.1 Å². The minimum atomic E-state index is -3.73. The van der Waals surface area contributed by atoms with Crippen molar-refractivity contribution >= 4 is 21.6 Å². The standard InChI is InChI=1S/C21H24N2O4S/c1-15-6-8-18(9-7-15)28(26,27)23-12-10-16(2)21(25)17(14-23)13-20(24)19-5-3-4-11-22-19/h3-9,11,16-17H,10,12-14H2,1-2H3. The van der Waals surface area contributed by atoms with Crippen LogP contribution in [0.4, 0.5) is 0 Å². The lowest BCUT2D eigenvalue weighted by atomic mass is 9.89. The zero-order chi connectivity index (χ0) is 20.3. The number of aryl methyl sites for hydroxylation is 1. The summed E-state index contributed by atoms with van der Waals surface area (Å²) in [5, 5.41) is 0. The van der Waals surface area contributed by atoms with Gasteiger partial charge >= 0.3 is 0 Å². The first kappa shape index (κ1) is 20.4. The molecule has 1 saturated heterocycles. The number of sulfonamides is 1. The van der Waals surface area contributed by atoms with E-state index in [4.69, 9.17) is 0 Å². The Labute approximate surface area is 165 Å². The predicted octanol–water partition coefficient (Wildman–Crippen LogP) is 2.88. The van der Waals surface area contributed by atoms with Crippen LogP contribution < -0.4 is 0 Å². The van der Waals surface area contributed by atoms with Crippen LogP contribution in [0.2, 0.25) is 0 Å². The third-order valence-corrected chi connectivity index (χ3v) is 7.04. The van der Waals surface area contributed by atoms with Gasteiger partial charge in [0.05, 0.1) is 4.90 Å². The van der Waals surface area contributed by atoms with Crippen LogP contribution in [0.25, 0.3) is 0 Å². The Kier molecular flexibility index (Phi) is 6.05. The van der Waals surface area contributed by atoms with Gasteiger partial charge in [-0.05, 0) is 37.6 Å². The molecule has 2 heterocycles. The molecular weight excluding hydrogens is 376 g/mol. The lowest BCUT2D eigenvalue weighted by Gasteiger charge is -2.23. The van der Waals surface area contributed by atoms with Crippen molar-refractivity contribution in [2.24, 2.45) is 11.8 Å². The van der Waals surface area contributed by atoms with Gasteiger partial charge < -0.3 is 0 Å². The first-order valence-electron chi connectivity index (χ1n) is 9.34. The SMILES string of the molecule is Cc1ccc(S(=O)(=O)N2CCC(C)C(=O)C(CC(=O)c3ccccn3)C2)cc1. The summed E-state index contributed by atoms with van der Waals surface area (Å²) >= 11 is 0. The van der Waals surface area contributed by atoms with Crippen molar-refractivity contribution < 1.29 is 18.0 Å². The number of pyridine rings is 1. The molecule has 1 fully saturated rings. The molecule has 0 aliphatic carbocycles. The van der Waals surface area contributed by atoms with Crippen LogP contribution in [-0.2, 0) is 14.8 Å². The van der Waals surface area contributed by atoms with E-state index in [0.717, 1.165) is 5.56 Å². The predicted molar refractivity (Wildman–Crippen MR) is 105 cm³/mol. The van der Waals surface area contributed by atoms with Gasteiger partial charge in [0.15, 0.2) is 5.78 Å². The van der Waals surface area contributed by atoms with E-state index in [2.05, 4.69) is 4.98 Å². The molecule has 0 bridgehead atoms. The number of hydrogen-bond acceptors (Lipinski definition) is 5. The summed E-state index contributed by atoms with van der Waals surface area (Å²) in [5.41, 5.74) is 1.26. The summed E-state index contributed by atoms with van der Waals surface area (Å²) in [6.07, 6.45) is 1.93. The third kappa shape index (κ3) is 4.36. The summed E-state index contributed by atoms with van der Waals surface area (Å²) in [5.74, 6) is -1.28. The Morgan fingerprint density at radius 1 is 1.18 bits per heavy atom. The fourth-order valence-corrected chi connectivity index (χ4v) is 4.91. The van der Waals surface area contributed by atoms with E-state index in [-0.39, 0.29) is 41.9 Å². The Morgan fingerprint density at radius 3 is 2.54 bits per heavy atom. The third-order valence-electron chi connectivity index (χ3n) is 5.16. The van der Waals surface area contributed by atoms with Crippen molar-refractivity contribution in [3.8, 4) is 0 Å². The number of rotatable bonds is 5. The molecule has 6 nitrogen and oxygen atoms in total. The van der Waals surface area contributed by atoms with Crippen LogP contribution in [0.1, 0.15) is 35.8 Å². The van der Waals surface area contributed by atoms with Crippen molar-refractivity contribution in [1.82, 2.24) is 9.29 Å². The molecule has 7 heteroatoms. The minimum absolute atomic E-state index is 0.0119. The molecule has 1 aromatic heterocycles. The van der Waals surface area contributed by atoms with Crippen LogP contribution in [0.3, 0.4) is 0 Å². The normalized spacial score (nSPS) is 21.3. The fraction of sp³-hybridized carbons (Fsp3) is 0.381. The molecular formula is C21H24N2O4S. The van der Waals surface area contributed by atoms with Gasteiger partial charge in [0.1, 0.15) is 11.5 Å². The van der Waals surface area contributed by atoms with E-state index < -0.39 is 15.9 Å². The van der Waals surface area contributed by atoms with Crippen molar-refractivity contribution in [3.05, 3.63) is 59.9 Å². The maximum atomic E-state index is 13.1. The molecule has 148 valence electrons.